The van der Waals surface area contributed by atoms with E-state index in [1.165, 1.54) is 0 Å². The van der Waals surface area contributed by atoms with Gasteiger partial charge in [0.1, 0.15) is 11.4 Å². The first-order valence-electron chi connectivity index (χ1n) is 8.68. The lowest BCUT2D eigenvalue weighted by molar-refractivity contribution is -0.191. The molecule has 156 valence electrons. The molecular weight excluding hydrogens is 394 g/mol. The largest absolute Gasteiger partial charge is 0.465 e. The molecule has 0 aromatic rings. The third kappa shape index (κ3) is 15.5. The van der Waals surface area contributed by atoms with Crippen LogP contribution in [0, 0.1) is 5.41 Å². The van der Waals surface area contributed by atoms with Crippen LogP contribution in [0.2, 0.25) is 0 Å². The second-order valence-corrected chi connectivity index (χ2v) is 7.90. The number of hydrogen-bond donors (Lipinski definition) is 1. The average molecular weight is 424 g/mol. The number of unbranched alkanes of at least 4 members (excludes halogenated alkanes) is 3. The molecule has 0 aliphatic heterocycles. The monoisotopic (exact) mass is 423 g/mol. The van der Waals surface area contributed by atoms with Crippen LogP contribution in [0.5, 0.6) is 0 Å². The second-order valence-electron chi connectivity index (χ2n) is 5.37. The summed E-state index contributed by atoms with van der Waals surface area (Å²) in [5, 5.41) is 13.0. The maximum absolute atomic E-state index is 12.0. The van der Waals surface area contributed by atoms with E-state index in [1.54, 1.807) is 28.5 Å². The molecule has 0 bridgehead atoms. The second kappa shape index (κ2) is 21.1. The van der Waals surface area contributed by atoms with Gasteiger partial charge in [-0.05, 0) is 31.7 Å². The fourth-order valence-electron chi connectivity index (χ4n) is 1.92. The van der Waals surface area contributed by atoms with Crippen molar-refractivity contribution in [2.24, 2.45) is 10.5 Å². The van der Waals surface area contributed by atoms with Crippen LogP contribution >= 0.6 is 21.6 Å². The Hall–Kier alpha value is -1.22. The van der Waals surface area contributed by atoms with E-state index in [9.17, 15) is 9.90 Å². The molecule has 0 heterocycles. The molecule has 0 spiro atoms. The number of esters is 1. The predicted molar refractivity (Wildman–Crippen MR) is 105 cm³/mol. The normalized spacial score (nSPS) is 12.0. The van der Waals surface area contributed by atoms with Crippen molar-refractivity contribution in [2.45, 2.75) is 46.0 Å². The van der Waals surface area contributed by atoms with Crippen molar-refractivity contribution in [3.05, 3.63) is 10.4 Å². The van der Waals surface area contributed by atoms with Gasteiger partial charge in [0, 0.05) is 17.2 Å². The molecular formula is C16H29N3O6S2. The maximum atomic E-state index is 12.0. The van der Waals surface area contributed by atoms with E-state index < -0.39 is 11.4 Å². The quantitative estimate of drug-likeness (QED) is 0.0756. The lowest BCUT2D eigenvalue weighted by Gasteiger charge is -2.27. The topological polar surface area (TPSA) is 139 Å². The van der Waals surface area contributed by atoms with Crippen LogP contribution in [0.4, 0.5) is 0 Å². The Bertz CT molecular complexity index is 451. The van der Waals surface area contributed by atoms with Gasteiger partial charge >= 0.3 is 12.1 Å². The van der Waals surface area contributed by atoms with Crippen molar-refractivity contribution in [1.82, 2.24) is 0 Å². The van der Waals surface area contributed by atoms with Crippen LogP contribution in [-0.4, -0.2) is 55.3 Å². The molecule has 0 fully saturated rings. The Labute approximate surface area is 168 Å². The minimum Gasteiger partial charge on any atom is -0.465 e. The van der Waals surface area contributed by atoms with E-state index >= 15 is 0 Å². The third-order valence-corrected chi connectivity index (χ3v) is 5.75. The lowest BCUT2D eigenvalue weighted by Crippen LogP contribution is -2.40. The van der Waals surface area contributed by atoms with E-state index in [4.69, 9.17) is 24.6 Å². The zero-order chi connectivity index (χ0) is 20.8. The first-order valence-corrected chi connectivity index (χ1v) is 11.2. The number of aliphatic hydroxyl groups is 1. The lowest BCUT2D eigenvalue weighted by atomic mass is 9.87. The number of carbonyl (C=O) groups excluding carboxylic acids is 3. The average Bonchev–Trinajstić information content (AvgIpc) is 2.67. The molecule has 0 amide bonds. The van der Waals surface area contributed by atoms with Gasteiger partial charge in [-0.2, -0.15) is 9.59 Å². The molecule has 0 aromatic heterocycles. The third-order valence-electron chi connectivity index (χ3n) is 3.58. The fourth-order valence-corrected chi connectivity index (χ4v) is 3.69. The predicted octanol–water partition coefficient (Wildman–Crippen LogP) is 3.58. The summed E-state index contributed by atoms with van der Waals surface area (Å²) in [6.45, 7) is 4.38. The van der Waals surface area contributed by atoms with Crippen LogP contribution in [-0.2, 0) is 23.9 Å². The molecule has 11 heteroatoms. The summed E-state index contributed by atoms with van der Waals surface area (Å²) < 4.78 is 10.6. The van der Waals surface area contributed by atoms with E-state index in [0.717, 1.165) is 31.4 Å². The molecule has 9 nitrogen and oxygen atoms in total. The summed E-state index contributed by atoms with van der Waals surface area (Å²) >= 11 is 0. The molecule has 0 saturated heterocycles. The molecule has 0 aromatic carbocycles. The number of aliphatic hydroxyl groups excluding tert-OH is 1. The summed E-state index contributed by atoms with van der Waals surface area (Å²) in [5.41, 5.74) is 7.20. The van der Waals surface area contributed by atoms with Gasteiger partial charge in [0.05, 0.1) is 19.8 Å². The van der Waals surface area contributed by atoms with Crippen LogP contribution in [0.15, 0.2) is 5.11 Å². The minimum absolute atomic E-state index is 0.172. The van der Waals surface area contributed by atoms with Gasteiger partial charge in [0.25, 0.3) is 0 Å². The number of hydrogen-bond acceptors (Lipinski definition) is 9. The molecule has 0 aliphatic carbocycles. The summed E-state index contributed by atoms with van der Waals surface area (Å²) in [5.74, 6) is 1.11. The molecule has 1 atom stereocenters. The van der Waals surface area contributed by atoms with E-state index in [0.29, 0.717) is 25.5 Å². The fraction of sp³-hybridized carbons (Fsp3) is 0.875. The molecule has 0 aliphatic rings. The standard InChI is InChI=1S/C15H29N3O4S2.CO2/c1-3-15(11-19,14(20)22-4-2)12-21-13-24-23-10-8-6-5-7-9-17-18-16;2-1-3/h19H,3-13H2,1-2H3;. The van der Waals surface area contributed by atoms with E-state index in [-0.39, 0.29) is 19.4 Å². The van der Waals surface area contributed by atoms with Gasteiger partial charge in [0.15, 0.2) is 0 Å². The molecule has 1 unspecified atom stereocenters. The first-order chi connectivity index (χ1) is 13.1. The Morgan fingerprint density at radius 3 is 2.44 bits per heavy atom. The van der Waals surface area contributed by atoms with Gasteiger partial charge in [-0.1, -0.05) is 46.5 Å². The highest BCUT2D eigenvalue weighted by Crippen LogP contribution is 2.27. The van der Waals surface area contributed by atoms with Gasteiger partial charge in [-0.3, -0.25) is 4.79 Å². The van der Waals surface area contributed by atoms with Crippen molar-refractivity contribution in [3.63, 3.8) is 0 Å². The summed E-state index contributed by atoms with van der Waals surface area (Å²) in [6.07, 6.45) is 5.00. The van der Waals surface area contributed by atoms with E-state index in [2.05, 4.69) is 10.0 Å². The Morgan fingerprint density at radius 2 is 1.89 bits per heavy atom. The van der Waals surface area contributed by atoms with Crippen molar-refractivity contribution >= 4 is 33.7 Å². The van der Waals surface area contributed by atoms with Crippen molar-refractivity contribution in [3.8, 4) is 0 Å². The molecule has 0 rings (SSSR count). The van der Waals surface area contributed by atoms with Gasteiger partial charge in [0.2, 0.25) is 0 Å². The van der Waals surface area contributed by atoms with Gasteiger partial charge < -0.3 is 14.6 Å². The van der Waals surface area contributed by atoms with Crippen molar-refractivity contribution in [1.29, 1.82) is 0 Å². The SMILES string of the molecule is CCOC(=O)C(CC)(CO)COCSSCCCCCCN=[N+]=[N-].O=C=O. The zero-order valence-electron chi connectivity index (χ0n) is 15.9. The van der Waals surface area contributed by atoms with Crippen LogP contribution in [0.3, 0.4) is 0 Å². The highest BCUT2D eigenvalue weighted by Gasteiger charge is 2.38. The minimum atomic E-state index is -0.951. The Morgan fingerprint density at radius 1 is 1.22 bits per heavy atom. The molecule has 1 N–H and O–H groups in total. The highest BCUT2D eigenvalue weighted by molar-refractivity contribution is 8.76. The summed E-state index contributed by atoms with van der Waals surface area (Å²) in [7, 11) is 3.34. The van der Waals surface area contributed by atoms with Crippen LogP contribution in [0.25, 0.3) is 10.4 Å². The zero-order valence-corrected chi connectivity index (χ0v) is 17.6. The number of nitrogens with zero attached hydrogens (tertiary/aromatic N) is 3. The maximum Gasteiger partial charge on any atom is 0.373 e. The van der Waals surface area contributed by atoms with Gasteiger partial charge in [-0.25, -0.2) is 0 Å². The molecule has 27 heavy (non-hydrogen) atoms. The molecule has 0 saturated carbocycles. The Kier molecular flexibility index (Phi) is 21.9. The van der Waals surface area contributed by atoms with E-state index in [1.807, 2.05) is 6.92 Å². The molecule has 0 radical (unpaired) electrons. The number of ether oxygens (including phenoxy) is 2. The smallest absolute Gasteiger partial charge is 0.373 e. The summed E-state index contributed by atoms with van der Waals surface area (Å²) in [4.78, 5) is 30.9. The highest BCUT2D eigenvalue weighted by atomic mass is 33.1. The number of carbonyl (C=O) groups is 1. The summed E-state index contributed by atoms with van der Waals surface area (Å²) in [6, 6.07) is 0. The first kappa shape index (κ1) is 28.0. The Balaban J connectivity index is 0. The van der Waals surface area contributed by atoms with Crippen LogP contribution < -0.4 is 0 Å². The van der Waals surface area contributed by atoms with Crippen molar-refractivity contribution in [2.75, 3.05) is 38.1 Å². The number of azide groups is 1. The van der Waals surface area contributed by atoms with Gasteiger partial charge in [-0.15, -0.1) is 0 Å². The van der Waals surface area contributed by atoms with Crippen molar-refractivity contribution < 1.29 is 29.0 Å². The number of rotatable bonds is 16. The van der Waals surface area contributed by atoms with Crippen LogP contribution in [0.1, 0.15) is 46.0 Å².